The van der Waals surface area contributed by atoms with Crippen molar-refractivity contribution in [3.8, 4) is 5.75 Å². The van der Waals surface area contributed by atoms with Crippen molar-refractivity contribution in [1.82, 2.24) is 0 Å². The first-order chi connectivity index (χ1) is 5.24. The van der Waals surface area contributed by atoms with E-state index in [1.54, 1.807) is 12.1 Å². The number of aromatic carboxylic acids is 1. The summed E-state index contributed by atoms with van der Waals surface area (Å²) in [5.41, 5.74) is 0.158. The third-order valence-electron chi connectivity index (χ3n) is 1.33. The molecule has 0 aliphatic rings. The van der Waals surface area contributed by atoms with Gasteiger partial charge in [-0.2, -0.15) is 0 Å². The average molecular weight is 264 g/mol. The van der Waals surface area contributed by atoms with Gasteiger partial charge in [0.1, 0.15) is 5.75 Å². The summed E-state index contributed by atoms with van der Waals surface area (Å²) in [6.45, 7) is 0. The van der Waals surface area contributed by atoms with Gasteiger partial charge in [0.15, 0.2) is 0 Å². The zero-order valence-corrected chi connectivity index (χ0v) is 11.5. The van der Waals surface area contributed by atoms with Gasteiger partial charge in [-0.15, -0.1) is 0 Å². The minimum atomic E-state index is -1.17. The SMILES string of the molecule is COc1ccc(C(=O)[O-])cc1.O.O.O.O.O.[Na+]. The van der Waals surface area contributed by atoms with Crippen LogP contribution in [0.1, 0.15) is 10.4 Å². The Morgan fingerprint density at radius 1 is 1.00 bits per heavy atom. The first kappa shape index (κ1) is 36.0. The van der Waals surface area contributed by atoms with Crippen LogP contribution in [0.15, 0.2) is 24.3 Å². The molecule has 0 unspecified atom stereocenters. The van der Waals surface area contributed by atoms with E-state index in [0.29, 0.717) is 5.75 Å². The number of hydrogen-bond donors (Lipinski definition) is 0. The molecule has 0 spiro atoms. The van der Waals surface area contributed by atoms with Crippen LogP contribution in [-0.4, -0.2) is 40.5 Å². The number of carbonyl (C=O) groups excluding carboxylic acids is 1. The summed E-state index contributed by atoms with van der Waals surface area (Å²) < 4.78 is 4.84. The summed E-state index contributed by atoms with van der Waals surface area (Å²) in [5, 5.41) is 10.2. The van der Waals surface area contributed by atoms with E-state index in [1.165, 1.54) is 19.2 Å². The molecule has 9 heteroatoms. The van der Waals surface area contributed by atoms with Gasteiger partial charge >= 0.3 is 29.6 Å². The Labute approximate surface area is 120 Å². The third-order valence-corrected chi connectivity index (χ3v) is 1.33. The Morgan fingerprint density at radius 3 is 1.59 bits per heavy atom. The predicted octanol–water partition coefficient (Wildman–Crippen LogP) is -7.06. The number of hydrogen-bond acceptors (Lipinski definition) is 3. The summed E-state index contributed by atoms with van der Waals surface area (Å²) in [5.74, 6) is -0.539. The molecule has 0 atom stereocenters. The molecule has 0 bridgehead atoms. The fourth-order valence-electron chi connectivity index (χ4n) is 0.727. The van der Waals surface area contributed by atoms with Gasteiger partial charge in [0.25, 0.3) is 0 Å². The van der Waals surface area contributed by atoms with Crippen LogP contribution in [0.3, 0.4) is 0 Å². The molecule has 0 amide bonds. The molecule has 0 aliphatic carbocycles. The monoisotopic (exact) mass is 264 g/mol. The summed E-state index contributed by atoms with van der Waals surface area (Å²) in [4.78, 5) is 10.2. The molecule has 1 aromatic rings. The Balaban J connectivity index is -0.0000000504. The van der Waals surface area contributed by atoms with E-state index in [-0.39, 0.29) is 62.5 Å². The normalized spacial score (nSPS) is 5.94. The van der Waals surface area contributed by atoms with Crippen molar-refractivity contribution in [3.05, 3.63) is 29.8 Å². The first-order valence-electron chi connectivity index (χ1n) is 3.09. The largest absolute Gasteiger partial charge is 1.00 e. The van der Waals surface area contributed by atoms with E-state index < -0.39 is 5.97 Å². The maximum atomic E-state index is 10.2. The Hall–Kier alpha value is -0.710. The van der Waals surface area contributed by atoms with Crippen LogP contribution in [0.5, 0.6) is 5.75 Å². The Morgan fingerprint density at radius 2 is 1.35 bits per heavy atom. The van der Waals surface area contributed by atoms with Crippen LogP contribution < -0.4 is 39.4 Å². The molecule has 1 aromatic carbocycles. The Bertz CT molecular complexity index is 263. The second-order valence-electron chi connectivity index (χ2n) is 2.02. The van der Waals surface area contributed by atoms with Crippen LogP contribution in [0, 0.1) is 0 Å². The first-order valence-corrected chi connectivity index (χ1v) is 3.09. The van der Waals surface area contributed by atoms with Gasteiger partial charge in [0.05, 0.1) is 13.1 Å². The summed E-state index contributed by atoms with van der Waals surface area (Å²) in [6.07, 6.45) is 0. The quantitative estimate of drug-likeness (QED) is 0.477. The number of benzene rings is 1. The van der Waals surface area contributed by atoms with Crippen LogP contribution >= 0.6 is 0 Å². The number of ether oxygens (including phenoxy) is 1. The average Bonchev–Trinajstić information content (AvgIpc) is 2.05. The van der Waals surface area contributed by atoms with E-state index in [0.717, 1.165) is 0 Å². The second kappa shape index (κ2) is 17.7. The Kier molecular flexibility index (Phi) is 37.4. The van der Waals surface area contributed by atoms with Crippen molar-refractivity contribution < 1.29 is 71.6 Å². The summed E-state index contributed by atoms with van der Waals surface area (Å²) in [7, 11) is 1.52. The molecule has 0 heterocycles. The van der Waals surface area contributed by atoms with E-state index in [2.05, 4.69) is 0 Å². The zero-order chi connectivity index (χ0) is 8.27. The van der Waals surface area contributed by atoms with Gasteiger partial charge in [-0.3, -0.25) is 0 Å². The predicted molar refractivity (Wildman–Crippen MR) is 55.4 cm³/mol. The molecule has 0 saturated heterocycles. The molecule has 0 fully saturated rings. The summed E-state index contributed by atoms with van der Waals surface area (Å²) >= 11 is 0. The van der Waals surface area contributed by atoms with Gasteiger partial charge in [-0.1, -0.05) is 0 Å². The van der Waals surface area contributed by atoms with Crippen molar-refractivity contribution in [2.24, 2.45) is 0 Å². The van der Waals surface area contributed by atoms with Crippen LogP contribution in [0.25, 0.3) is 0 Å². The maximum absolute atomic E-state index is 10.2. The number of rotatable bonds is 2. The standard InChI is InChI=1S/C8H8O3.Na.5H2O/c1-11-7-4-2-6(3-5-7)8(9)10;;;;;;/h2-5H,1H3,(H,9,10);;5*1H2/q;+1;;;;;/p-1. The minimum Gasteiger partial charge on any atom is -0.545 e. The van der Waals surface area contributed by atoms with E-state index in [4.69, 9.17) is 4.74 Å². The fourth-order valence-corrected chi connectivity index (χ4v) is 0.727. The van der Waals surface area contributed by atoms with Gasteiger partial charge in [0, 0.05) is 0 Å². The van der Waals surface area contributed by atoms with Crippen molar-refractivity contribution >= 4 is 5.97 Å². The van der Waals surface area contributed by atoms with Crippen molar-refractivity contribution in [2.75, 3.05) is 7.11 Å². The number of carboxylic acids is 1. The van der Waals surface area contributed by atoms with Crippen molar-refractivity contribution in [1.29, 1.82) is 0 Å². The minimum absolute atomic E-state index is 0. The van der Waals surface area contributed by atoms with Crippen molar-refractivity contribution in [3.63, 3.8) is 0 Å². The van der Waals surface area contributed by atoms with Gasteiger partial charge < -0.3 is 42.0 Å². The zero-order valence-electron chi connectivity index (χ0n) is 9.53. The van der Waals surface area contributed by atoms with E-state index in [1.807, 2.05) is 0 Å². The van der Waals surface area contributed by atoms with Crippen LogP contribution in [0.4, 0.5) is 0 Å². The number of carbonyl (C=O) groups is 1. The van der Waals surface area contributed by atoms with Crippen molar-refractivity contribution in [2.45, 2.75) is 0 Å². The molecule has 10 N–H and O–H groups in total. The second-order valence-corrected chi connectivity index (χ2v) is 2.02. The molecule has 98 valence electrons. The smallest absolute Gasteiger partial charge is 0.545 e. The van der Waals surface area contributed by atoms with Gasteiger partial charge in [-0.05, 0) is 29.8 Å². The third kappa shape index (κ3) is 11.6. The molecular formula is C8H17NaO8. The molecule has 0 aromatic heterocycles. The summed E-state index contributed by atoms with van der Waals surface area (Å²) in [6, 6.07) is 6.03. The maximum Gasteiger partial charge on any atom is 1.00 e. The number of carboxylic acid groups (broad SMARTS) is 1. The molecule has 1 rings (SSSR count). The van der Waals surface area contributed by atoms with Gasteiger partial charge in [0.2, 0.25) is 0 Å². The van der Waals surface area contributed by atoms with Crippen LogP contribution in [0.2, 0.25) is 0 Å². The topological polar surface area (TPSA) is 207 Å². The molecular weight excluding hydrogens is 247 g/mol. The van der Waals surface area contributed by atoms with E-state index in [9.17, 15) is 9.90 Å². The number of methoxy groups -OCH3 is 1. The van der Waals surface area contributed by atoms with Crippen LogP contribution in [-0.2, 0) is 0 Å². The molecule has 8 nitrogen and oxygen atoms in total. The fraction of sp³-hybridized carbons (Fsp3) is 0.125. The molecule has 0 radical (unpaired) electrons. The van der Waals surface area contributed by atoms with E-state index >= 15 is 0 Å². The molecule has 0 saturated carbocycles. The van der Waals surface area contributed by atoms with Gasteiger partial charge in [-0.25, -0.2) is 0 Å². The molecule has 17 heavy (non-hydrogen) atoms. The molecule has 0 aliphatic heterocycles.